The average molecular weight is 493 g/mol. The van der Waals surface area contributed by atoms with E-state index < -0.39 is 35.3 Å². The van der Waals surface area contributed by atoms with E-state index in [0.717, 1.165) is 12.1 Å². The number of halogens is 4. The molecule has 1 atom stereocenters. The quantitative estimate of drug-likeness (QED) is 0.523. The molecule has 0 saturated heterocycles. The molecule has 3 aromatic rings. The van der Waals surface area contributed by atoms with Crippen LogP contribution in [-0.2, 0) is 12.6 Å². The van der Waals surface area contributed by atoms with Gasteiger partial charge in [-0.3, -0.25) is 9.78 Å². The number of amides is 1. The van der Waals surface area contributed by atoms with Gasteiger partial charge in [0.2, 0.25) is 0 Å². The molecule has 0 bridgehead atoms. The topological polar surface area (TPSA) is 103 Å². The predicted molar refractivity (Wildman–Crippen MR) is 113 cm³/mol. The zero-order valence-corrected chi connectivity index (χ0v) is 18.4. The fraction of sp³-hybridized carbons (Fsp3) is 0.261. The van der Waals surface area contributed by atoms with Crippen LogP contribution < -0.4 is 14.8 Å². The first-order chi connectivity index (χ1) is 16.4. The van der Waals surface area contributed by atoms with E-state index in [1.807, 2.05) is 0 Å². The Morgan fingerprint density at radius 1 is 1.26 bits per heavy atom. The molecule has 1 amide bonds. The van der Waals surface area contributed by atoms with E-state index in [2.05, 4.69) is 15.0 Å². The van der Waals surface area contributed by atoms with Gasteiger partial charge in [-0.15, -0.1) is 13.2 Å². The molecule has 1 aliphatic rings. The number of hydrogen-bond acceptors (Lipinski definition) is 5. The van der Waals surface area contributed by atoms with Gasteiger partial charge in [0.1, 0.15) is 22.7 Å². The zero-order chi connectivity index (χ0) is 25.5. The number of benzene rings is 1. The number of carbonyl (C=O) groups excluding carboxylic acids is 1. The fourth-order valence-electron chi connectivity index (χ4n) is 4.10. The lowest BCUT2D eigenvalue weighted by molar-refractivity contribution is -0.275. The Bertz CT molecular complexity index is 1320. The summed E-state index contributed by atoms with van der Waals surface area (Å²) >= 11 is 0. The van der Waals surface area contributed by atoms with E-state index in [9.17, 15) is 32.3 Å². The Labute approximate surface area is 196 Å². The Morgan fingerprint density at radius 2 is 2.00 bits per heavy atom. The fourth-order valence-corrected chi connectivity index (χ4v) is 4.10. The van der Waals surface area contributed by atoms with Crippen LogP contribution in [0.4, 0.5) is 17.6 Å². The second-order valence-electron chi connectivity index (χ2n) is 7.89. The van der Waals surface area contributed by atoms with Crippen LogP contribution in [0.5, 0.6) is 11.5 Å². The summed E-state index contributed by atoms with van der Waals surface area (Å²) in [5.74, 6) is -3.94. The van der Waals surface area contributed by atoms with Crippen molar-refractivity contribution in [1.29, 1.82) is 0 Å². The number of alkyl halides is 3. The average Bonchev–Trinajstić information content (AvgIpc) is 3.09. The monoisotopic (exact) mass is 493 g/mol. The summed E-state index contributed by atoms with van der Waals surface area (Å²) in [5.41, 5.74) is -0.900. The molecule has 0 aliphatic carbocycles. The number of hydrogen-bond donors (Lipinski definition) is 2. The lowest BCUT2D eigenvalue weighted by atomic mass is 9.81. The molecule has 0 spiro atoms. The number of aromatic carboxylic acids is 1. The van der Waals surface area contributed by atoms with Gasteiger partial charge in [-0.1, -0.05) is 6.07 Å². The molecule has 8 nitrogen and oxygen atoms in total. The van der Waals surface area contributed by atoms with Crippen molar-refractivity contribution in [3.63, 3.8) is 0 Å². The van der Waals surface area contributed by atoms with Gasteiger partial charge < -0.3 is 24.5 Å². The third-order valence-electron chi connectivity index (χ3n) is 5.89. The highest BCUT2D eigenvalue weighted by Crippen LogP contribution is 2.42. The lowest BCUT2D eigenvalue weighted by Crippen LogP contribution is -2.50. The summed E-state index contributed by atoms with van der Waals surface area (Å²) in [6, 6.07) is 7.25. The van der Waals surface area contributed by atoms with Crippen molar-refractivity contribution >= 4 is 11.9 Å². The summed E-state index contributed by atoms with van der Waals surface area (Å²) < 4.78 is 63.3. The second kappa shape index (κ2) is 8.60. The number of ether oxygens (including phenoxy) is 2. The predicted octanol–water partition coefficient (Wildman–Crippen LogP) is 3.92. The molecule has 1 aliphatic heterocycles. The SMILES string of the molecule is Cc1c(C(=O)O)cc(C(=O)N[C@]2(c3ccc(OC(F)(F)F)c(F)c3)CCOc3cccnc32)n1C. The van der Waals surface area contributed by atoms with Crippen LogP contribution in [0.3, 0.4) is 0 Å². The van der Waals surface area contributed by atoms with Gasteiger partial charge in [-0.25, -0.2) is 9.18 Å². The largest absolute Gasteiger partial charge is 0.573 e. The molecule has 4 rings (SSSR count). The molecule has 2 aromatic heterocycles. The molecule has 0 fully saturated rings. The third kappa shape index (κ3) is 4.38. The number of carbonyl (C=O) groups is 2. The van der Waals surface area contributed by atoms with Crippen molar-refractivity contribution in [2.24, 2.45) is 7.05 Å². The second-order valence-corrected chi connectivity index (χ2v) is 7.89. The lowest BCUT2D eigenvalue weighted by Gasteiger charge is -2.39. The van der Waals surface area contributed by atoms with E-state index in [-0.39, 0.29) is 35.5 Å². The Morgan fingerprint density at radius 3 is 2.63 bits per heavy atom. The number of fused-ring (bicyclic) bond motifs is 1. The minimum atomic E-state index is -5.09. The van der Waals surface area contributed by atoms with Crippen LogP contribution in [-0.4, -0.2) is 39.5 Å². The van der Waals surface area contributed by atoms with E-state index in [0.29, 0.717) is 11.4 Å². The maximum atomic E-state index is 14.7. The summed E-state index contributed by atoms with van der Waals surface area (Å²) in [6.45, 7) is 1.62. The van der Waals surface area contributed by atoms with Crippen LogP contribution >= 0.6 is 0 Å². The van der Waals surface area contributed by atoms with Crippen LogP contribution in [0.1, 0.15) is 44.2 Å². The highest BCUT2D eigenvalue weighted by atomic mass is 19.4. The standard InChI is InChI=1S/C23H19F4N3O5/c1-12-14(21(32)33)11-16(30(12)2)20(31)29-22(7-9-34-18-4-3-8-28-19(18)22)13-5-6-17(15(24)10-13)35-23(25,26)27/h3-6,8,10-11H,7,9H2,1-2H3,(H,29,31)(H,32,33)/t22-/m0/s1. The molecule has 1 aromatic carbocycles. The number of rotatable bonds is 5. The highest BCUT2D eigenvalue weighted by Gasteiger charge is 2.44. The first-order valence-corrected chi connectivity index (χ1v) is 10.3. The van der Waals surface area contributed by atoms with Gasteiger partial charge in [0, 0.05) is 25.4 Å². The Hall–Kier alpha value is -4.09. The third-order valence-corrected chi connectivity index (χ3v) is 5.89. The molecule has 0 radical (unpaired) electrons. The van der Waals surface area contributed by atoms with E-state index in [1.165, 1.54) is 36.9 Å². The van der Waals surface area contributed by atoms with Crippen LogP contribution in [0, 0.1) is 12.7 Å². The van der Waals surface area contributed by atoms with Gasteiger partial charge in [-0.2, -0.15) is 0 Å². The summed E-state index contributed by atoms with van der Waals surface area (Å²) in [5, 5.41) is 12.2. The summed E-state index contributed by atoms with van der Waals surface area (Å²) in [4.78, 5) is 29.2. The van der Waals surface area contributed by atoms with Crippen LogP contribution in [0.15, 0.2) is 42.6 Å². The molecule has 12 heteroatoms. The molecule has 0 unspecified atom stereocenters. The minimum Gasteiger partial charge on any atom is -0.491 e. The van der Waals surface area contributed by atoms with Gasteiger partial charge in [0.25, 0.3) is 5.91 Å². The number of pyridine rings is 1. The number of aromatic nitrogens is 2. The smallest absolute Gasteiger partial charge is 0.491 e. The number of nitrogens with one attached hydrogen (secondary N) is 1. The first kappa shape index (κ1) is 24.0. The molecule has 184 valence electrons. The van der Waals surface area contributed by atoms with Crippen molar-refractivity contribution in [2.75, 3.05) is 6.61 Å². The van der Waals surface area contributed by atoms with Crippen molar-refractivity contribution in [2.45, 2.75) is 25.2 Å². The first-order valence-electron chi connectivity index (χ1n) is 10.3. The Kier molecular flexibility index (Phi) is 5.91. The zero-order valence-electron chi connectivity index (χ0n) is 18.4. The van der Waals surface area contributed by atoms with Gasteiger partial charge in [0.15, 0.2) is 11.6 Å². The van der Waals surface area contributed by atoms with Crippen molar-refractivity contribution in [1.82, 2.24) is 14.9 Å². The number of carboxylic acid groups (broad SMARTS) is 1. The van der Waals surface area contributed by atoms with Gasteiger partial charge >= 0.3 is 12.3 Å². The van der Waals surface area contributed by atoms with Gasteiger partial charge in [0.05, 0.1) is 12.2 Å². The normalized spacial score (nSPS) is 17.3. The maximum Gasteiger partial charge on any atom is 0.573 e. The van der Waals surface area contributed by atoms with Crippen LogP contribution in [0.25, 0.3) is 0 Å². The molecular formula is C23H19F4N3O5. The maximum absolute atomic E-state index is 14.7. The Balaban J connectivity index is 1.83. The minimum absolute atomic E-state index is 0.0146. The van der Waals surface area contributed by atoms with Gasteiger partial charge in [-0.05, 0) is 42.8 Å². The summed E-state index contributed by atoms with van der Waals surface area (Å²) in [6.07, 6.45) is -3.59. The molecule has 0 saturated carbocycles. The molecule has 35 heavy (non-hydrogen) atoms. The van der Waals surface area contributed by atoms with Crippen molar-refractivity contribution < 1.29 is 41.7 Å². The van der Waals surface area contributed by atoms with E-state index in [4.69, 9.17) is 4.74 Å². The van der Waals surface area contributed by atoms with Crippen LogP contribution in [0.2, 0.25) is 0 Å². The number of carboxylic acids is 1. The van der Waals surface area contributed by atoms with E-state index in [1.54, 1.807) is 12.1 Å². The number of nitrogens with zero attached hydrogens (tertiary/aromatic N) is 2. The van der Waals surface area contributed by atoms with Crippen molar-refractivity contribution in [3.8, 4) is 11.5 Å². The van der Waals surface area contributed by atoms with E-state index >= 15 is 0 Å². The summed E-state index contributed by atoms with van der Waals surface area (Å²) in [7, 11) is 1.52. The molecule has 2 N–H and O–H groups in total. The van der Waals surface area contributed by atoms with Crippen molar-refractivity contribution in [3.05, 3.63) is 76.6 Å². The highest BCUT2D eigenvalue weighted by molar-refractivity contribution is 5.98. The molecule has 3 heterocycles. The molecular weight excluding hydrogens is 474 g/mol.